The van der Waals surface area contributed by atoms with Crippen LogP contribution in [0.3, 0.4) is 0 Å². The van der Waals surface area contributed by atoms with E-state index in [1.807, 2.05) is 0 Å². The Morgan fingerprint density at radius 2 is 2.05 bits per heavy atom. The number of likely N-dealkylation sites (tertiary alicyclic amines) is 1. The molecule has 3 rings (SSSR count). The molecule has 0 radical (unpaired) electrons. The van der Waals surface area contributed by atoms with Gasteiger partial charge in [0.05, 0.1) is 0 Å². The van der Waals surface area contributed by atoms with E-state index in [9.17, 15) is 14.0 Å². The number of carbonyl (C=O) groups is 2. The van der Waals surface area contributed by atoms with E-state index in [1.165, 1.54) is 29.8 Å². The van der Waals surface area contributed by atoms with Crippen molar-refractivity contribution in [1.29, 1.82) is 0 Å². The molecule has 1 amide bonds. The van der Waals surface area contributed by atoms with Crippen LogP contribution in [-0.2, 0) is 0 Å². The maximum atomic E-state index is 12.9. The highest BCUT2D eigenvalue weighted by molar-refractivity contribution is 7.03. The van der Waals surface area contributed by atoms with Gasteiger partial charge in [0.1, 0.15) is 11.3 Å². The minimum atomic E-state index is -0.369. The molecule has 0 aliphatic carbocycles. The van der Waals surface area contributed by atoms with E-state index in [-0.39, 0.29) is 29.2 Å². The lowest BCUT2D eigenvalue weighted by Crippen LogP contribution is -2.42. The number of hydrogen-bond donors (Lipinski definition) is 0. The Labute approximate surface area is 131 Å². The third-order valence-electron chi connectivity index (χ3n) is 3.76. The first kappa shape index (κ1) is 14.8. The lowest BCUT2D eigenvalue weighted by molar-refractivity contribution is 0.0628. The summed E-state index contributed by atoms with van der Waals surface area (Å²) in [5.74, 6) is -0.741. The molecule has 22 heavy (non-hydrogen) atoms. The number of hydrogen-bond acceptors (Lipinski definition) is 5. The molecule has 1 aromatic heterocycles. The highest BCUT2D eigenvalue weighted by atomic mass is 32.1. The Bertz CT molecular complexity index is 673. The molecule has 1 aliphatic rings. The number of halogens is 1. The van der Waals surface area contributed by atoms with Gasteiger partial charge < -0.3 is 4.90 Å². The zero-order chi connectivity index (χ0) is 15.5. The molecule has 1 aliphatic heterocycles. The van der Waals surface area contributed by atoms with Crippen molar-refractivity contribution in [2.45, 2.75) is 12.8 Å². The summed E-state index contributed by atoms with van der Waals surface area (Å²) < 4.78 is 16.9. The van der Waals surface area contributed by atoms with E-state index in [2.05, 4.69) is 9.36 Å². The first-order valence-electron chi connectivity index (χ1n) is 7.00. The van der Waals surface area contributed by atoms with Crippen LogP contribution >= 0.6 is 11.5 Å². The average Bonchev–Trinajstić information content (AvgIpc) is 3.09. The number of aromatic nitrogens is 2. The highest BCUT2D eigenvalue weighted by Gasteiger charge is 2.30. The summed E-state index contributed by atoms with van der Waals surface area (Å²) in [6.07, 6.45) is 1.48. The molecule has 1 unspecified atom stereocenters. The van der Waals surface area contributed by atoms with Gasteiger partial charge >= 0.3 is 0 Å². The Kier molecular flexibility index (Phi) is 4.24. The molecule has 0 bridgehead atoms. The number of carbonyl (C=O) groups excluding carboxylic acids is 2. The molecule has 2 aromatic rings. The standard InChI is InChI=1S/C15H14FN3O2S/c16-12-5-3-10(4-6-12)13(20)11-2-1-7-19(8-11)15(21)14-17-9-22-18-14/h3-6,9,11H,1-2,7-8H2. The smallest absolute Gasteiger partial charge is 0.292 e. The number of nitrogens with zero attached hydrogens (tertiary/aromatic N) is 3. The first-order valence-corrected chi connectivity index (χ1v) is 7.84. The normalized spacial score (nSPS) is 18.2. The van der Waals surface area contributed by atoms with E-state index >= 15 is 0 Å². The summed E-state index contributed by atoms with van der Waals surface area (Å²) in [5.41, 5.74) is 1.99. The number of rotatable bonds is 3. The maximum absolute atomic E-state index is 12.9. The number of Topliss-reactive ketones (excluding diaryl/α,β-unsaturated/α-hetero) is 1. The SMILES string of the molecule is O=C(c1ccc(F)cc1)C1CCCN(C(=O)c2ncsn2)C1. The largest absolute Gasteiger partial charge is 0.335 e. The Balaban J connectivity index is 1.71. The van der Waals surface area contributed by atoms with E-state index in [0.717, 1.165) is 24.4 Å². The van der Waals surface area contributed by atoms with Crippen LogP contribution in [0.15, 0.2) is 29.8 Å². The molecule has 1 atom stereocenters. The zero-order valence-electron chi connectivity index (χ0n) is 11.7. The number of ketones is 1. The van der Waals surface area contributed by atoms with E-state index in [0.29, 0.717) is 18.7 Å². The molecule has 0 saturated carbocycles. The summed E-state index contributed by atoms with van der Waals surface area (Å²) in [5, 5.41) is 0. The molecule has 0 N–H and O–H groups in total. The van der Waals surface area contributed by atoms with Crippen molar-refractivity contribution >= 4 is 23.2 Å². The minimum Gasteiger partial charge on any atom is -0.335 e. The molecule has 7 heteroatoms. The third kappa shape index (κ3) is 3.04. The van der Waals surface area contributed by atoms with E-state index < -0.39 is 0 Å². The second-order valence-electron chi connectivity index (χ2n) is 5.22. The van der Waals surface area contributed by atoms with Gasteiger partial charge in [-0.2, -0.15) is 4.37 Å². The Morgan fingerprint density at radius 1 is 1.27 bits per heavy atom. The van der Waals surface area contributed by atoms with Gasteiger partial charge in [-0.1, -0.05) is 0 Å². The lowest BCUT2D eigenvalue weighted by Gasteiger charge is -2.31. The van der Waals surface area contributed by atoms with Crippen molar-refractivity contribution < 1.29 is 14.0 Å². The van der Waals surface area contributed by atoms with Crippen molar-refractivity contribution in [1.82, 2.24) is 14.3 Å². The van der Waals surface area contributed by atoms with Crippen molar-refractivity contribution in [2.24, 2.45) is 5.92 Å². The van der Waals surface area contributed by atoms with E-state index in [1.54, 1.807) is 4.90 Å². The van der Waals surface area contributed by atoms with Crippen LogP contribution in [0.4, 0.5) is 4.39 Å². The fourth-order valence-corrected chi connectivity index (χ4v) is 3.05. The molecule has 1 aromatic carbocycles. The fraction of sp³-hybridized carbons (Fsp3) is 0.333. The minimum absolute atomic E-state index is 0.0521. The molecule has 2 heterocycles. The quantitative estimate of drug-likeness (QED) is 0.815. The highest BCUT2D eigenvalue weighted by Crippen LogP contribution is 2.22. The monoisotopic (exact) mass is 319 g/mol. The third-order valence-corrected chi connectivity index (χ3v) is 4.24. The summed E-state index contributed by atoms with van der Waals surface area (Å²) in [6.45, 7) is 0.958. The van der Waals surface area contributed by atoms with Gasteiger partial charge in [0.15, 0.2) is 5.78 Å². The Hall–Kier alpha value is -2.15. The van der Waals surface area contributed by atoms with Crippen LogP contribution < -0.4 is 0 Å². The number of amides is 1. The molecule has 0 spiro atoms. The molecular weight excluding hydrogens is 305 g/mol. The zero-order valence-corrected chi connectivity index (χ0v) is 12.6. The van der Waals surface area contributed by atoms with Crippen molar-refractivity contribution in [3.8, 4) is 0 Å². The van der Waals surface area contributed by atoms with Gasteiger partial charge in [-0.25, -0.2) is 9.37 Å². The molecule has 1 fully saturated rings. The predicted octanol–water partition coefficient (Wildman–Crippen LogP) is 2.41. The second kappa shape index (κ2) is 6.31. The van der Waals surface area contributed by atoms with Crippen LogP contribution in [0.2, 0.25) is 0 Å². The predicted molar refractivity (Wildman–Crippen MR) is 79.3 cm³/mol. The fourth-order valence-electron chi connectivity index (χ4n) is 2.63. The number of benzene rings is 1. The van der Waals surface area contributed by atoms with Gasteiger partial charge in [0.25, 0.3) is 5.91 Å². The van der Waals surface area contributed by atoms with Crippen molar-refractivity contribution in [2.75, 3.05) is 13.1 Å². The van der Waals surface area contributed by atoms with Crippen LogP contribution in [0.25, 0.3) is 0 Å². The summed E-state index contributed by atoms with van der Waals surface area (Å²) >= 11 is 1.13. The number of piperidine rings is 1. The molecular formula is C15H14FN3O2S. The van der Waals surface area contributed by atoms with Gasteiger partial charge in [-0.3, -0.25) is 9.59 Å². The summed E-state index contributed by atoms with van der Waals surface area (Å²) in [4.78, 5) is 30.3. The van der Waals surface area contributed by atoms with Gasteiger partial charge in [0, 0.05) is 24.6 Å². The van der Waals surface area contributed by atoms with Gasteiger partial charge in [-0.05, 0) is 48.6 Å². The van der Waals surface area contributed by atoms with Crippen LogP contribution in [-0.4, -0.2) is 39.0 Å². The molecule has 114 valence electrons. The summed E-state index contributed by atoms with van der Waals surface area (Å²) in [6, 6.07) is 5.52. The van der Waals surface area contributed by atoms with Crippen LogP contribution in [0.5, 0.6) is 0 Å². The molecule has 5 nitrogen and oxygen atoms in total. The maximum Gasteiger partial charge on any atom is 0.292 e. The van der Waals surface area contributed by atoms with Crippen molar-refractivity contribution in [3.05, 3.63) is 47.0 Å². The first-order chi connectivity index (χ1) is 10.6. The van der Waals surface area contributed by atoms with E-state index in [4.69, 9.17) is 0 Å². The van der Waals surface area contributed by atoms with Crippen molar-refractivity contribution in [3.63, 3.8) is 0 Å². The van der Waals surface area contributed by atoms with Crippen LogP contribution in [0.1, 0.15) is 33.8 Å². The Morgan fingerprint density at radius 3 is 2.73 bits per heavy atom. The topological polar surface area (TPSA) is 63.2 Å². The van der Waals surface area contributed by atoms with Crippen LogP contribution in [0, 0.1) is 11.7 Å². The lowest BCUT2D eigenvalue weighted by atomic mass is 9.90. The summed E-state index contributed by atoms with van der Waals surface area (Å²) in [7, 11) is 0. The second-order valence-corrected chi connectivity index (χ2v) is 5.82. The van der Waals surface area contributed by atoms with Gasteiger partial charge in [-0.15, -0.1) is 0 Å². The molecule has 1 saturated heterocycles. The van der Waals surface area contributed by atoms with Gasteiger partial charge in [0.2, 0.25) is 5.82 Å². The average molecular weight is 319 g/mol.